The van der Waals surface area contributed by atoms with E-state index in [0.717, 1.165) is 28.5 Å². The average Bonchev–Trinajstić information content (AvgIpc) is 2.57. The van der Waals surface area contributed by atoms with Crippen LogP contribution in [0.4, 0.5) is 0 Å². The Morgan fingerprint density at radius 3 is 0.680 bits per heavy atom. The van der Waals surface area contributed by atoms with Gasteiger partial charge in [0.05, 0.1) is 0 Å². The summed E-state index contributed by atoms with van der Waals surface area (Å²) in [7, 11) is 0. The van der Waals surface area contributed by atoms with Crippen LogP contribution in [0.3, 0.4) is 0 Å². The number of halogens is 3. The van der Waals surface area contributed by atoms with Crippen LogP contribution in [0.2, 0.25) is 15.1 Å². The number of hydrogen-bond donors (Lipinski definition) is 0. The minimum atomic E-state index is 0. The molecule has 0 bridgehead atoms. The third-order valence-corrected chi connectivity index (χ3v) is 4.91. The molecule has 0 aromatic heterocycles. The fourth-order valence-electron chi connectivity index (χ4n) is 1.30. The smallest absolute Gasteiger partial charge is 3.00 e. The first kappa shape index (κ1) is 26.4. The molecule has 129 valence electrons. The van der Waals surface area contributed by atoms with E-state index in [0.29, 0.717) is 0 Å². The maximum Gasteiger partial charge on any atom is 3.00 e. The van der Waals surface area contributed by atoms with Crippen LogP contribution in [0, 0.1) is 40.4 Å². The normalized spacial score (nSPS) is 8.76. The topological polar surface area (TPSA) is 0 Å². The summed E-state index contributed by atoms with van der Waals surface area (Å²) in [4.78, 5) is 0. The van der Waals surface area contributed by atoms with Gasteiger partial charge in [0, 0.05) is 0 Å². The maximum absolute atomic E-state index is 5.60. The van der Waals surface area contributed by atoms with Crippen molar-refractivity contribution >= 4 is 96.2 Å². The second-order valence-electron chi connectivity index (χ2n) is 4.36. The van der Waals surface area contributed by atoms with Crippen molar-refractivity contribution in [3.05, 3.63) is 87.9 Å². The number of hydrogen-bond acceptors (Lipinski definition) is 0. The van der Waals surface area contributed by atoms with E-state index in [2.05, 4.69) is 48.0 Å². The van der Waals surface area contributed by atoms with Crippen LogP contribution in [0.5, 0.6) is 0 Å². The number of rotatable bonds is 0. The van der Waals surface area contributed by atoms with Gasteiger partial charge in [-0.3, -0.25) is 0 Å². The second kappa shape index (κ2) is 15.4. The van der Waals surface area contributed by atoms with Gasteiger partial charge < -0.3 is 0 Å². The van der Waals surface area contributed by atoms with Crippen LogP contribution in [0.1, 0.15) is 0 Å². The van der Waals surface area contributed by atoms with Gasteiger partial charge in [-0.15, -0.1) is 0 Å². The largest absolute Gasteiger partial charge is 3.00 e. The molecule has 1 radical (unpaired) electrons. The molecule has 3 rings (SSSR count). The first-order valence-electron chi connectivity index (χ1n) is 6.64. The van der Waals surface area contributed by atoms with E-state index in [1.165, 1.54) is 0 Å². The zero-order valence-corrected chi connectivity index (χ0v) is 22.7. The molecule has 0 atom stereocenters. The molecule has 0 N–H and O–H groups in total. The molecule has 0 aliphatic carbocycles. The molecule has 25 heavy (non-hydrogen) atoms. The summed E-state index contributed by atoms with van der Waals surface area (Å²) in [6.07, 6.45) is 0. The van der Waals surface area contributed by atoms with Gasteiger partial charge in [-0.25, -0.2) is 0 Å². The van der Waals surface area contributed by atoms with Gasteiger partial charge >= 0.3 is 224 Å². The summed E-state index contributed by atoms with van der Waals surface area (Å²) in [6, 6.07) is 22.7. The van der Waals surface area contributed by atoms with Crippen molar-refractivity contribution in [2.24, 2.45) is 0 Å². The fourth-order valence-corrected chi connectivity index (χ4v) is 2.54. The first-order valence-corrected chi connectivity index (χ1v) is 10.3. The Hall–Kier alpha value is 1.43. The average molecular weight is 722 g/mol. The molecular weight excluding hydrogens is 710 g/mol. The first-order chi connectivity index (χ1) is 11.4. The molecule has 3 aromatic rings. The summed E-state index contributed by atoms with van der Waals surface area (Å²) < 4.78 is 3.36. The molecule has 0 saturated carbocycles. The Morgan fingerprint density at radius 2 is 0.560 bits per heavy atom. The summed E-state index contributed by atoms with van der Waals surface area (Å²) >= 11 is 25.4. The van der Waals surface area contributed by atoms with Gasteiger partial charge in [0.25, 0.3) is 0 Å². The van der Waals surface area contributed by atoms with Crippen molar-refractivity contribution in [3.63, 3.8) is 0 Å². The predicted molar refractivity (Wildman–Crippen MR) is 111 cm³/mol. The molecule has 0 aliphatic rings. The van der Waals surface area contributed by atoms with E-state index in [1.54, 1.807) is 0 Å². The minimum absolute atomic E-state index is 0. The SMILES string of the molecule is Clc1ccc([Se-])cc1.Clc1ccc([Se-])cc1.Clc1ccc([Se-])cc1.[Sm+3]. The van der Waals surface area contributed by atoms with E-state index in [4.69, 9.17) is 34.8 Å². The standard InChI is InChI=1S/3C6H5ClSe.Sm/c3*7-5-1-3-6(8)4-2-5;/h3*1-4,8H;/q;;;+3/p-3. The van der Waals surface area contributed by atoms with Crippen LogP contribution in [0.25, 0.3) is 0 Å². The molecular formula is C18H12Cl3Se3Sm. The van der Waals surface area contributed by atoms with Crippen molar-refractivity contribution in [3.8, 4) is 0 Å². The summed E-state index contributed by atoms with van der Waals surface area (Å²) in [5.41, 5.74) is 0. The fraction of sp³-hybridized carbons (Fsp3) is 0. The molecule has 7 heteroatoms. The monoisotopic (exact) mass is 725 g/mol. The van der Waals surface area contributed by atoms with Crippen LogP contribution >= 0.6 is 34.8 Å². The van der Waals surface area contributed by atoms with Crippen LogP contribution in [-0.2, 0) is 0 Å². The zero-order chi connectivity index (χ0) is 17.9. The Kier molecular flexibility index (Phi) is 16.2. The van der Waals surface area contributed by atoms with Gasteiger partial charge in [-0.2, -0.15) is 0 Å². The molecule has 0 amide bonds. The summed E-state index contributed by atoms with van der Waals surface area (Å²) in [5, 5.41) is 2.34. The number of benzene rings is 3. The van der Waals surface area contributed by atoms with E-state index in [1.807, 2.05) is 72.8 Å². The molecule has 0 fully saturated rings. The van der Waals surface area contributed by atoms with Gasteiger partial charge in [0.1, 0.15) is 0 Å². The zero-order valence-electron chi connectivity index (χ0n) is 12.7. The molecule has 0 unspecified atom stereocenters. The molecule has 0 spiro atoms. The summed E-state index contributed by atoms with van der Waals surface area (Å²) in [6.45, 7) is 0. The van der Waals surface area contributed by atoms with E-state index < -0.39 is 0 Å². The Morgan fingerprint density at radius 1 is 0.400 bits per heavy atom. The van der Waals surface area contributed by atoms with Crippen LogP contribution in [0.15, 0.2) is 72.8 Å². The third-order valence-electron chi connectivity index (χ3n) is 2.44. The van der Waals surface area contributed by atoms with Crippen molar-refractivity contribution in [1.29, 1.82) is 0 Å². The van der Waals surface area contributed by atoms with E-state index in [-0.39, 0.29) is 40.4 Å². The maximum atomic E-state index is 5.60. The third kappa shape index (κ3) is 14.1. The van der Waals surface area contributed by atoms with Crippen molar-refractivity contribution in [2.45, 2.75) is 0 Å². The van der Waals surface area contributed by atoms with Crippen molar-refractivity contribution in [1.82, 2.24) is 0 Å². The predicted octanol–water partition coefficient (Wildman–Crippen LogP) is 3.40. The Bertz CT molecular complexity index is 552. The van der Waals surface area contributed by atoms with E-state index in [9.17, 15) is 0 Å². The second-order valence-corrected chi connectivity index (χ2v) is 8.64. The van der Waals surface area contributed by atoms with Crippen LogP contribution < -0.4 is 13.4 Å². The Balaban J connectivity index is 0.000000339. The van der Waals surface area contributed by atoms with Gasteiger partial charge in [-0.1, -0.05) is 0 Å². The summed E-state index contributed by atoms with van der Waals surface area (Å²) in [5.74, 6) is 0. The minimum Gasteiger partial charge on any atom is 3.00 e. The van der Waals surface area contributed by atoms with Crippen molar-refractivity contribution < 1.29 is 40.4 Å². The van der Waals surface area contributed by atoms with Crippen LogP contribution in [-0.4, -0.2) is 48.0 Å². The quantitative estimate of drug-likeness (QED) is 0.313. The molecule has 0 aliphatic heterocycles. The molecule has 0 nitrogen and oxygen atoms in total. The van der Waals surface area contributed by atoms with Gasteiger partial charge in [-0.05, 0) is 0 Å². The molecule has 0 heterocycles. The Labute approximate surface area is 221 Å². The molecule has 3 aromatic carbocycles. The van der Waals surface area contributed by atoms with E-state index >= 15 is 0 Å². The van der Waals surface area contributed by atoms with Gasteiger partial charge in [0.15, 0.2) is 0 Å². The van der Waals surface area contributed by atoms with Crippen molar-refractivity contribution in [2.75, 3.05) is 0 Å². The molecule has 0 saturated heterocycles. The van der Waals surface area contributed by atoms with Gasteiger partial charge in [0.2, 0.25) is 0 Å².